The third kappa shape index (κ3) is 2.51. The normalized spacial score (nSPS) is 9.93. The second-order valence-electron chi connectivity index (χ2n) is 2.66. The van der Waals surface area contributed by atoms with Gasteiger partial charge in [-0.05, 0) is 12.1 Å². The van der Waals surface area contributed by atoms with Crippen LogP contribution in [0.15, 0.2) is 29.9 Å². The second-order valence-corrected chi connectivity index (χ2v) is 3.94. The fourth-order valence-electron chi connectivity index (χ4n) is 0.998. The highest BCUT2D eigenvalue weighted by Gasteiger charge is 2.07. The molecule has 0 aliphatic heterocycles. The first kappa shape index (κ1) is 10.1. The zero-order chi connectivity index (χ0) is 10.7. The topological polar surface area (TPSA) is 54.9 Å². The predicted octanol–water partition coefficient (Wildman–Crippen LogP) is 2.44. The van der Waals surface area contributed by atoms with Gasteiger partial charge in [0.25, 0.3) is 5.91 Å². The Morgan fingerprint density at radius 1 is 1.40 bits per heavy atom. The van der Waals surface area contributed by atoms with E-state index >= 15 is 0 Å². The summed E-state index contributed by atoms with van der Waals surface area (Å²) in [5.41, 5.74) is 0.463. The summed E-state index contributed by atoms with van der Waals surface area (Å²) < 4.78 is 0. The molecule has 4 nitrogen and oxygen atoms in total. The van der Waals surface area contributed by atoms with Gasteiger partial charge >= 0.3 is 0 Å². The van der Waals surface area contributed by atoms with Crippen molar-refractivity contribution in [3.05, 3.63) is 40.6 Å². The molecule has 2 aromatic rings. The summed E-state index contributed by atoms with van der Waals surface area (Å²) in [6, 6.07) is 3.10. The van der Waals surface area contributed by atoms with E-state index in [0.717, 1.165) is 0 Å². The maximum Gasteiger partial charge on any atom is 0.257 e. The average Bonchev–Trinajstić information content (AvgIpc) is 2.70. The van der Waals surface area contributed by atoms with E-state index in [0.29, 0.717) is 15.8 Å². The summed E-state index contributed by atoms with van der Waals surface area (Å²) in [5.74, 6) is -0.241. The van der Waals surface area contributed by atoms with Crippen LogP contribution < -0.4 is 5.32 Å². The van der Waals surface area contributed by atoms with E-state index in [9.17, 15) is 4.79 Å². The number of nitrogens with zero attached hydrogens (tertiary/aromatic N) is 2. The Balaban J connectivity index is 2.15. The number of halogens is 1. The molecule has 2 heterocycles. The lowest BCUT2D eigenvalue weighted by Gasteiger charge is -2.00. The minimum Gasteiger partial charge on any atom is -0.298 e. The highest BCUT2D eigenvalue weighted by molar-refractivity contribution is 7.13. The monoisotopic (exact) mass is 239 g/mol. The van der Waals surface area contributed by atoms with Crippen LogP contribution in [0, 0.1) is 0 Å². The van der Waals surface area contributed by atoms with Gasteiger partial charge in [0.1, 0.15) is 5.15 Å². The van der Waals surface area contributed by atoms with Crippen LogP contribution in [0.4, 0.5) is 5.13 Å². The van der Waals surface area contributed by atoms with E-state index in [-0.39, 0.29) is 5.91 Å². The van der Waals surface area contributed by atoms with Gasteiger partial charge in [-0.2, -0.15) is 0 Å². The van der Waals surface area contributed by atoms with Gasteiger partial charge in [-0.1, -0.05) is 11.6 Å². The summed E-state index contributed by atoms with van der Waals surface area (Å²) in [5, 5.41) is 5.29. The van der Waals surface area contributed by atoms with Gasteiger partial charge in [-0.3, -0.25) is 10.1 Å². The lowest BCUT2D eigenvalue weighted by atomic mass is 10.2. The van der Waals surface area contributed by atoms with Gasteiger partial charge in [0, 0.05) is 23.3 Å². The fourth-order valence-corrected chi connectivity index (χ4v) is 1.70. The van der Waals surface area contributed by atoms with Crippen LogP contribution >= 0.6 is 22.9 Å². The highest BCUT2D eigenvalue weighted by Crippen LogP contribution is 2.13. The van der Waals surface area contributed by atoms with Crippen molar-refractivity contribution in [1.29, 1.82) is 0 Å². The van der Waals surface area contributed by atoms with Crippen molar-refractivity contribution in [2.45, 2.75) is 0 Å². The van der Waals surface area contributed by atoms with Gasteiger partial charge in [0.15, 0.2) is 5.13 Å². The lowest BCUT2D eigenvalue weighted by molar-refractivity contribution is 0.102. The second kappa shape index (κ2) is 4.37. The number of rotatable bonds is 2. The molecule has 0 saturated heterocycles. The molecule has 0 atom stereocenters. The van der Waals surface area contributed by atoms with Crippen LogP contribution in [0.25, 0.3) is 0 Å². The maximum atomic E-state index is 11.6. The number of aromatic nitrogens is 2. The molecule has 2 aromatic heterocycles. The minimum absolute atomic E-state index is 0.241. The average molecular weight is 240 g/mol. The molecule has 0 bridgehead atoms. The first-order valence-corrected chi connectivity index (χ1v) is 5.34. The van der Waals surface area contributed by atoms with E-state index in [1.807, 2.05) is 0 Å². The molecule has 76 valence electrons. The molecule has 0 unspecified atom stereocenters. The highest BCUT2D eigenvalue weighted by atomic mass is 35.5. The first-order valence-electron chi connectivity index (χ1n) is 4.08. The number of pyridine rings is 1. The number of anilines is 1. The molecule has 0 spiro atoms. The number of carbonyl (C=O) groups excluding carboxylic acids is 1. The zero-order valence-corrected chi connectivity index (χ0v) is 9.05. The van der Waals surface area contributed by atoms with Crippen molar-refractivity contribution >= 4 is 34.0 Å². The summed E-state index contributed by atoms with van der Waals surface area (Å²) >= 11 is 7.03. The van der Waals surface area contributed by atoms with Crippen LogP contribution in [0.3, 0.4) is 0 Å². The quantitative estimate of drug-likeness (QED) is 0.819. The smallest absolute Gasteiger partial charge is 0.257 e. The van der Waals surface area contributed by atoms with Crippen LogP contribution in [0.2, 0.25) is 5.15 Å². The van der Waals surface area contributed by atoms with Crippen LogP contribution in [-0.2, 0) is 0 Å². The minimum atomic E-state index is -0.241. The summed E-state index contributed by atoms with van der Waals surface area (Å²) in [6.45, 7) is 0. The van der Waals surface area contributed by atoms with E-state index in [4.69, 9.17) is 11.6 Å². The van der Waals surface area contributed by atoms with E-state index in [1.165, 1.54) is 23.6 Å². The number of thiazole rings is 1. The third-order valence-electron chi connectivity index (χ3n) is 1.64. The zero-order valence-electron chi connectivity index (χ0n) is 7.48. The van der Waals surface area contributed by atoms with E-state index < -0.39 is 0 Å². The number of nitrogens with one attached hydrogen (secondary N) is 1. The Hall–Kier alpha value is -1.46. The molecule has 0 radical (unpaired) electrons. The first-order chi connectivity index (χ1) is 7.25. The molecule has 2 rings (SSSR count). The maximum absolute atomic E-state index is 11.6. The molecule has 0 aliphatic rings. The van der Waals surface area contributed by atoms with Crippen molar-refractivity contribution < 1.29 is 4.79 Å². The van der Waals surface area contributed by atoms with Crippen molar-refractivity contribution in [3.63, 3.8) is 0 Å². The molecule has 0 fully saturated rings. The molecule has 0 aromatic carbocycles. The molecule has 1 amide bonds. The number of hydrogen-bond donors (Lipinski definition) is 1. The van der Waals surface area contributed by atoms with Gasteiger partial charge < -0.3 is 0 Å². The van der Waals surface area contributed by atoms with Crippen molar-refractivity contribution in [2.75, 3.05) is 5.32 Å². The molecule has 1 N–H and O–H groups in total. The molecule has 0 saturated carbocycles. The fraction of sp³-hybridized carbons (Fsp3) is 0. The summed E-state index contributed by atoms with van der Waals surface area (Å²) in [6.07, 6.45) is 3.11. The van der Waals surface area contributed by atoms with E-state index in [1.54, 1.807) is 17.6 Å². The number of amides is 1. The third-order valence-corrected chi connectivity index (χ3v) is 2.54. The van der Waals surface area contributed by atoms with Crippen molar-refractivity contribution in [2.24, 2.45) is 0 Å². The Labute approximate surface area is 94.9 Å². The predicted molar refractivity (Wildman–Crippen MR) is 59.3 cm³/mol. The number of carbonyl (C=O) groups is 1. The Morgan fingerprint density at radius 2 is 2.27 bits per heavy atom. The molecule has 0 aliphatic carbocycles. The standard InChI is InChI=1S/C9H6ClN3OS/c10-7-5-6(1-2-11-7)8(14)13-9-12-3-4-15-9/h1-5H,(H,12,13,14). The number of hydrogen-bond acceptors (Lipinski definition) is 4. The Bertz CT molecular complexity index is 472. The largest absolute Gasteiger partial charge is 0.298 e. The van der Waals surface area contributed by atoms with Gasteiger partial charge in [-0.25, -0.2) is 9.97 Å². The van der Waals surface area contributed by atoms with Crippen LogP contribution in [0.5, 0.6) is 0 Å². The van der Waals surface area contributed by atoms with Crippen molar-refractivity contribution in [3.8, 4) is 0 Å². The van der Waals surface area contributed by atoms with E-state index in [2.05, 4.69) is 15.3 Å². The lowest BCUT2D eigenvalue weighted by Crippen LogP contribution is -2.11. The van der Waals surface area contributed by atoms with Gasteiger partial charge in [0.2, 0.25) is 0 Å². The molecular formula is C9H6ClN3OS. The van der Waals surface area contributed by atoms with Gasteiger partial charge in [0.05, 0.1) is 0 Å². The molecule has 15 heavy (non-hydrogen) atoms. The summed E-state index contributed by atoms with van der Waals surface area (Å²) in [4.78, 5) is 19.4. The van der Waals surface area contributed by atoms with Crippen LogP contribution in [-0.4, -0.2) is 15.9 Å². The van der Waals surface area contributed by atoms with Crippen LogP contribution in [0.1, 0.15) is 10.4 Å². The summed E-state index contributed by atoms with van der Waals surface area (Å²) in [7, 11) is 0. The Morgan fingerprint density at radius 3 is 2.93 bits per heavy atom. The van der Waals surface area contributed by atoms with Gasteiger partial charge in [-0.15, -0.1) is 11.3 Å². The molecule has 6 heteroatoms. The molecular weight excluding hydrogens is 234 g/mol. The Kier molecular flexibility index (Phi) is 2.94. The SMILES string of the molecule is O=C(Nc1nccs1)c1ccnc(Cl)c1. The van der Waals surface area contributed by atoms with Crippen molar-refractivity contribution in [1.82, 2.24) is 9.97 Å².